The van der Waals surface area contributed by atoms with Gasteiger partial charge >= 0.3 is 0 Å². The van der Waals surface area contributed by atoms with E-state index < -0.39 is 0 Å². The van der Waals surface area contributed by atoms with Gasteiger partial charge in [-0.1, -0.05) is 32.9 Å². The number of rotatable bonds is 7. The molecule has 0 fully saturated rings. The summed E-state index contributed by atoms with van der Waals surface area (Å²) in [6, 6.07) is 1.44. The number of hydrogen-bond donors (Lipinski definition) is 2. The zero-order chi connectivity index (χ0) is 11.1. The van der Waals surface area contributed by atoms with Gasteiger partial charge < -0.3 is 10.6 Å². The minimum atomic E-state index is 0.300. The van der Waals surface area contributed by atoms with Crippen LogP contribution in [0.4, 0.5) is 0 Å². The maximum atomic E-state index is 3.31. The maximum absolute atomic E-state index is 3.31. The fraction of sp³-hybridized carbons (Fsp3) is 0.818. The van der Waals surface area contributed by atoms with Crippen molar-refractivity contribution in [3.8, 4) is 0 Å². The summed E-state index contributed by atoms with van der Waals surface area (Å²) in [7, 11) is 0.300. The van der Waals surface area contributed by atoms with Crippen LogP contribution >= 0.6 is 0 Å². The van der Waals surface area contributed by atoms with Gasteiger partial charge in [0.2, 0.25) is 0 Å². The van der Waals surface area contributed by atoms with Crippen LogP contribution in [-0.2, 0) is 0 Å². The number of nitrogens with one attached hydrogen (secondary N) is 2. The van der Waals surface area contributed by atoms with Crippen LogP contribution in [0.2, 0.25) is 6.04 Å². The molecule has 0 aromatic rings. The highest BCUT2D eigenvalue weighted by Gasteiger charge is 1.78. The summed E-state index contributed by atoms with van der Waals surface area (Å²) < 4.78 is 0. The Bertz CT molecular complexity index is 101. The highest BCUT2D eigenvalue weighted by Crippen LogP contribution is 1.73. The van der Waals surface area contributed by atoms with Gasteiger partial charge in [0.15, 0.2) is 0 Å². The van der Waals surface area contributed by atoms with E-state index in [0.717, 1.165) is 19.5 Å². The molecular formula is C11H28N2Si. The van der Waals surface area contributed by atoms with Crippen molar-refractivity contribution in [3.05, 3.63) is 12.3 Å². The largest absolute Gasteiger partial charge is 0.391 e. The lowest BCUT2D eigenvalue weighted by molar-refractivity contribution is 0.828. The Morgan fingerprint density at radius 1 is 1.07 bits per heavy atom. The molecule has 0 saturated carbocycles. The second-order valence-electron chi connectivity index (χ2n) is 3.08. The highest BCUT2D eigenvalue weighted by molar-refractivity contribution is 6.35. The second kappa shape index (κ2) is 18.5. The van der Waals surface area contributed by atoms with Crippen molar-refractivity contribution in [1.82, 2.24) is 10.6 Å². The van der Waals surface area contributed by atoms with Crippen LogP contribution in [0.1, 0.15) is 34.1 Å². The van der Waals surface area contributed by atoms with Crippen LogP contribution in [0.25, 0.3) is 0 Å². The van der Waals surface area contributed by atoms with Crippen molar-refractivity contribution >= 4 is 9.52 Å². The van der Waals surface area contributed by atoms with Crippen molar-refractivity contribution in [2.75, 3.05) is 19.3 Å². The Balaban J connectivity index is 0. The third-order valence-corrected chi connectivity index (χ3v) is 3.05. The normalized spacial score (nSPS) is 10.6. The molecule has 2 N–H and O–H groups in total. The molecule has 0 atom stereocenters. The van der Waals surface area contributed by atoms with E-state index in [0.29, 0.717) is 9.52 Å². The molecule has 0 aliphatic heterocycles. The predicted molar refractivity (Wildman–Crippen MR) is 70.7 cm³/mol. The first-order valence-corrected chi connectivity index (χ1v) is 7.92. The summed E-state index contributed by atoms with van der Waals surface area (Å²) in [5, 5.41) is 6.38. The fourth-order valence-electron chi connectivity index (χ4n) is 0.798. The molecule has 0 heterocycles. The lowest BCUT2D eigenvalue weighted by Gasteiger charge is -1.94. The molecule has 0 rings (SSSR count). The van der Waals surface area contributed by atoms with Crippen molar-refractivity contribution in [3.63, 3.8) is 0 Å². The molecule has 86 valence electrons. The maximum Gasteiger partial charge on any atom is 0.0362 e. The summed E-state index contributed by atoms with van der Waals surface area (Å²) in [4.78, 5) is 0. The van der Waals surface area contributed by atoms with E-state index in [1.54, 1.807) is 0 Å². The highest BCUT2D eigenvalue weighted by atomic mass is 28.2. The fourth-order valence-corrected chi connectivity index (χ4v) is 1.75. The van der Waals surface area contributed by atoms with Gasteiger partial charge in [0.1, 0.15) is 0 Å². The van der Waals surface area contributed by atoms with Crippen LogP contribution in [0.3, 0.4) is 0 Å². The Labute approximate surface area is 92.4 Å². The predicted octanol–water partition coefficient (Wildman–Crippen LogP) is 1.68. The molecule has 0 bridgehead atoms. The minimum Gasteiger partial charge on any atom is -0.391 e. The quantitative estimate of drug-likeness (QED) is 0.500. The van der Waals surface area contributed by atoms with Crippen molar-refractivity contribution in [2.24, 2.45) is 0 Å². The zero-order valence-corrected chi connectivity index (χ0v) is 11.8. The van der Waals surface area contributed by atoms with E-state index in [9.17, 15) is 0 Å². The van der Waals surface area contributed by atoms with Gasteiger partial charge in [0, 0.05) is 16.1 Å². The summed E-state index contributed by atoms with van der Waals surface area (Å²) in [5.74, 6) is 0. The van der Waals surface area contributed by atoms with Crippen LogP contribution in [0.15, 0.2) is 12.3 Å². The summed E-state index contributed by atoms with van der Waals surface area (Å²) in [5.41, 5.74) is 0. The molecule has 0 aromatic heterocycles. The Morgan fingerprint density at radius 3 is 2.21 bits per heavy atom. The van der Waals surface area contributed by atoms with Crippen LogP contribution in [-0.4, -0.2) is 28.8 Å². The smallest absolute Gasteiger partial charge is 0.0362 e. The van der Waals surface area contributed by atoms with Gasteiger partial charge in [-0.05, 0) is 32.3 Å². The molecule has 3 heteroatoms. The Kier molecular flexibility index (Phi) is 21.3. The van der Waals surface area contributed by atoms with Gasteiger partial charge in [0.25, 0.3) is 0 Å². The van der Waals surface area contributed by atoms with Crippen LogP contribution in [0.5, 0.6) is 0 Å². The van der Waals surface area contributed by atoms with E-state index in [-0.39, 0.29) is 0 Å². The third-order valence-electron chi connectivity index (χ3n) is 1.63. The minimum absolute atomic E-state index is 0.300. The average Bonchev–Trinajstić information content (AvgIpc) is 2.21. The summed E-state index contributed by atoms with van der Waals surface area (Å²) in [6.07, 6.45) is 6.53. The SMILES string of the molecule is CCC=CNCC.CCNC[SiH2]CC. The molecule has 0 spiro atoms. The van der Waals surface area contributed by atoms with Gasteiger partial charge in [-0.25, -0.2) is 0 Å². The molecule has 0 aliphatic rings. The average molecular weight is 216 g/mol. The van der Waals surface area contributed by atoms with Gasteiger partial charge in [-0.3, -0.25) is 0 Å². The van der Waals surface area contributed by atoms with E-state index in [1.807, 2.05) is 6.20 Å². The van der Waals surface area contributed by atoms with Crippen molar-refractivity contribution < 1.29 is 0 Å². The lowest BCUT2D eigenvalue weighted by atomic mass is 10.5. The van der Waals surface area contributed by atoms with Crippen LogP contribution < -0.4 is 10.6 Å². The van der Waals surface area contributed by atoms with E-state index in [2.05, 4.69) is 44.4 Å². The molecular weight excluding hydrogens is 188 g/mol. The third kappa shape index (κ3) is 22.6. The Morgan fingerprint density at radius 2 is 1.79 bits per heavy atom. The second-order valence-corrected chi connectivity index (χ2v) is 5.28. The monoisotopic (exact) mass is 216 g/mol. The van der Waals surface area contributed by atoms with Gasteiger partial charge in [0.05, 0.1) is 0 Å². The topological polar surface area (TPSA) is 24.1 Å². The van der Waals surface area contributed by atoms with Gasteiger partial charge in [-0.15, -0.1) is 0 Å². The first-order valence-electron chi connectivity index (χ1n) is 5.92. The molecule has 2 nitrogen and oxygen atoms in total. The Hall–Kier alpha value is -0.283. The molecule has 0 saturated heterocycles. The lowest BCUT2D eigenvalue weighted by Crippen LogP contribution is -2.18. The summed E-state index contributed by atoms with van der Waals surface area (Å²) in [6.45, 7) is 10.8. The van der Waals surface area contributed by atoms with E-state index in [1.165, 1.54) is 12.2 Å². The molecule has 0 amide bonds. The summed E-state index contributed by atoms with van der Waals surface area (Å²) >= 11 is 0. The standard InChI is InChI=1S/C6H13N.C5H15NSi/c1-3-5-6-7-4-2;1-3-6-5-7-4-2/h5-7H,3-4H2,1-2H3;6H,3-5,7H2,1-2H3. The molecule has 0 radical (unpaired) electrons. The van der Waals surface area contributed by atoms with Crippen molar-refractivity contribution in [2.45, 2.75) is 40.2 Å². The van der Waals surface area contributed by atoms with Gasteiger partial charge in [-0.2, -0.15) is 0 Å². The molecule has 0 unspecified atom stereocenters. The molecule has 0 aliphatic carbocycles. The number of hydrogen-bond acceptors (Lipinski definition) is 2. The van der Waals surface area contributed by atoms with Crippen LogP contribution in [0, 0.1) is 0 Å². The zero-order valence-electron chi connectivity index (χ0n) is 10.4. The van der Waals surface area contributed by atoms with E-state index >= 15 is 0 Å². The molecule has 0 aromatic carbocycles. The first kappa shape index (κ1) is 16.2. The molecule has 14 heavy (non-hydrogen) atoms. The van der Waals surface area contributed by atoms with Crippen molar-refractivity contribution in [1.29, 1.82) is 0 Å². The van der Waals surface area contributed by atoms with E-state index in [4.69, 9.17) is 0 Å². The number of allylic oxidation sites excluding steroid dienone is 1. The first-order chi connectivity index (χ1) is 6.83.